The highest BCUT2D eigenvalue weighted by molar-refractivity contribution is 9.09. The third-order valence-corrected chi connectivity index (χ3v) is 4.75. The highest BCUT2D eigenvalue weighted by atomic mass is 79.9. The molecular formula is C14H22BrNO2S. The Kier molecular flexibility index (Phi) is 5.59. The lowest BCUT2D eigenvalue weighted by atomic mass is 9.91. The van der Waals surface area contributed by atoms with Crippen molar-refractivity contribution in [3.8, 4) is 0 Å². The second-order valence-corrected chi connectivity index (χ2v) is 9.09. The molecule has 5 heteroatoms. The van der Waals surface area contributed by atoms with Gasteiger partial charge in [-0.1, -0.05) is 54.4 Å². The van der Waals surface area contributed by atoms with Crippen molar-refractivity contribution in [1.82, 2.24) is 4.72 Å². The van der Waals surface area contributed by atoms with Crippen LogP contribution in [0, 0.1) is 12.3 Å². The first-order valence-electron chi connectivity index (χ1n) is 6.30. The molecule has 1 unspecified atom stereocenters. The van der Waals surface area contributed by atoms with Crippen LogP contribution >= 0.6 is 15.9 Å². The number of hydrogen-bond acceptors (Lipinski definition) is 2. The lowest BCUT2D eigenvalue weighted by Crippen LogP contribution is -2.31. The fourth-order valence-electron chi connectivity index (χ4n) is 1.74. The summed E-state index contributed by atoms with van der Waals surface area (Å²) < 4.78 is 26.8. The molecule has 1 aromatic carbocycles. The second kappa shape index (κ2) is 6.37. The topological polar surface area (TPSA) is 46.2 Å². The van der Waals surface area contributed by atoms with Gasteiger partial charge in [0, 0.05) is 11.4 Å². The number of nitrogens with one attached hydrogen (secondary N) is 1. The summed E-state index contributed by atoms with van der Waals surface area (Å²) in [5, 5.41) is 0. The zero-order valence-electron chi connectivity index (χ0n) is 11.9. The molecule has 1 aromatic rings. The zero-order valence-corrected chi connectivity index (χ0v) is 14.3. The molecule has 0 aliphatic carbocycles. The average molecular weight is 348 g/mol. The molecule has 3 nitrogen and oxygen atoms in total. The Morgan fingerprint density at radius 1 is 1.21 bits per heavy atom. The zero-order chi connectivity index (χ0) is 14.7. The highest BCUT2D eigenvalue weighted by Gasteiger charge is 2.19. The monoisotopic (exact) mass is 347 g/mol. The van der Waals surface area contributed by atoms with Crippen molar-refractivity contribution < 1.29 is 8.42 Å². The fourth-order valence-corrected chi connectivity index (χ4v) is 4.17. The van der Waals surface area contributed by atoms with Crippen molar-refractivity contribution in [3.05, 3.63) is 29.8 Å². The third kappa shape index (κ3) is 6.06. The van der Waals surface area contributed by atoms with Crippen molar-refractivity contribution in [2.45, 2.75) is 43.8 Å². The van der Waals surface area contributed by atoms with Crippen LogP contribution in [0.25, 0.3) is 0 Å². The summed E-state index contributed by atoms with van der Waals surface area (Å²) in [7, 11) is -3.41. The van der Waals surface area contributed by atoms with E-state index in [1.165, 1.54) is 0 Å². The van der Waals surface area contributed by atoms with E-state index < -0.39 is 10.0 Å². The summed E-state index contributed by atoms with van der Waals surface area (Å²) in [5.41, 5.74) is 1.22. The highest BCUT2D eigenvalue weighted by Crippen LogP contribution is 2.24. The molecule has 0 aromatic heterocycles. The average Bonchev–Trinajstić information content (AvgIpc) is 2.25. The number of halogens is 1. The molecule has 0 heterocycles. The Morgan fingerprint density at radius 3 is 2.21 bits per heavy atom. The van der Waals surface area contributed by atoms with Crippen molar-refractivity contribution in [2.75, 3.05) is 6.54 Å². The van der Waals surface area contributed by atoms with Gasteiger partial charge in [-0.15, -0.1) is 0 Å². The van der Waals surface area contributed by atoms with Gasteiger partial charge < -0.3 is 0 Å². The molecule has 1 N–H and O–H groups in total. The summed E-state index contributed by atoms with van der Waals surface area (Å²) in [5.74, 6) is 0. The normalized spacial score (nSPS) is 14.4. The Labute approximate surface area is 125 Å². The summed E-state index contributed by atoms with van der Waals surface area (Å²) in [6.07, 6.45) is 0.906. The molecule has 0 saturated carbocycles. The molecule has 0 aliphatic rings. The molecule has 19 heavy (non-hydrogen) atoms. The van der Waals surface area contributed by atoms with Gasteiger partial charge in [-0.05, 0) is 30.9 Å². The number of hydrogen-bond donors (Lipinski definition) is 1. The molecule has 0 bridgehead atoms. The molecule has 108 valence electrons. The molecule has 1 rings (SSSR count). The molecular weight excluding hydrogens is 326 g/mol. The van der Waals surface area contributed by atoms with E-state index in [1.54, 1.807) is 24.3 Å². The summed E-state index contributed by atoms with van der Waals surface area (Å²) in [6, 6.07) is 6.86. The van der Waals surface area contributed by atoms with Crippen molar-refractivity contribution in [2.24, 2.45) is 5.41 Å². The number of alkyl halides is 1. The Balaban J connectivity index is 2.63. The summed E-state index contributed by atoms with van der Waals surface area (Å²) >= 11 is 3.52. The SMILES string of the molecule is Cc1ccc(S(=O)(=O)NCC(Br)CC(C)(C)C)cc1. The Bertz CT molecular complexity index is 503. The van der Waals surface area contributed by atoms with E-state index in [0.29, 0.717) is 11.4 Å². The first-order chi connectivity index (χ1) is 8.60. The van der Waals surface area contributed by atoms with Crippen molar-refractivity contribution in [1.29, 1.82) is 0 Å². The van der Waals surface area contributed by atoms with Crippen LogP contribution < -0.4 is 4.72 Å². The summed E-state index contributed by atoms with van der Waals surface area (Å²) in [4.78, 5) is 0.446. The maximum absolute atomic E-state index is 12.1. The number of sulfonamides is 1. The van der Waals surface area contributed by atoms with Crippen molar-refractivity contribution in [3.63, 3.8) is 0 Å². The lowest BCUT2D eigenvalue weighted by molar-refractivity contribution is 0.373. The summed E-state index contributed by atoms with van der Waals surface area (Å²) in [6.45, 7) is 8.73. The van der Waals surface area contributed by atoms with Crippen LogP contribution in [-0.2, 0) is 10.0 Å². The van der Waals surface area contributed by atoms with Crippen LogP contribution in [0.1, 0.15) is 32.8 Å². The van der Waals surface area contributed by atoms with E-state index in [9.17, 15) is 8.42 Å². The minimum atomic E-state index is -3.41. The first kappa shape index (κ1) is 16.7. The molecule has 0 radical (unpaired) electrons. The molecule has 0 spiro atoms. The predicted molar refractivity (Wildman–Crippen MR) is 83.2 cm³/mol. The predicted octanol–water partition coefficient (Wildman–Crippen LogP) is 3.47. The van der Waals surface area contributed by atoms with E-state index >= 15 is 0 Å². The molecule has 0 saturated heterocycles. The molecule has 0 fully saturated rings. The van der Waals surface area contributed by atoms with Gasteiger partial charge in [0.05, 0.1) is 4.90 Å². The van der Waals surface area contributed by atoms with Gasteiger partial charge in [-0.2, -0.15) is 0 Å². The lowest BCUT2D eigenvalue weighted by Gasteiger charge is -2.22. The maximum Gasteiger partial charge on any atom is 0.240 e. The molecule has 0 aliphatic heterocycles. The van der Waals surface area contributed by atoms with Crippen LogP contribution in [0.15, 0.2) is 29.2 Å². The van der Waals surface area contributed by atoms with E-state index in [0.717, 1.165) is 12.0 Å². The van der Waals surface area contributed by atoms with Gasteiger partial charge in [0.1, 0.15) is 0 Å². The van der Waals surface area contributed by atoms with E-state index in [4.69, 9.17) is 0 Å². The number of rotatable bonds is 5. The largest absolute Gasteiger partial charge is 0.240 e. The standard InChI is InChI=1S/C14H22BrNO2S/c1-11-5-7-13(8-6-11)19(17,18)16-10-12(15)9-14(2,3)4/h5-8,12,16H,9-10H2,1-4H3. The van der Waals surface area contributed by atoms with Crippen molar-refractivity contribution >= 4 is 26.0 Å². The van der Waals surface area contributed by atoms with E-state index in [2.05, 4.69) is 41.4 Å². The van der Waals surface area contributed by atoms with Gasteiger partial charge in [0.15, 0.2) is 0 Å². The minimum Gasteiger partial charge on any atom is -0.210 e. The van der Waals surface area contributed by atoms with Crippen LogP contribution in [0.4, 0.5) is 0 Å². The first-order valence-corrected chi connectivity index (χ1v) is 8.70. The third-order valence-electron chi connectivity index (χ3n) is 2.66. The molecule has 0 amide bonds. The van der Waals surface area contributed by atoms with Gasteiger partial charge in [-0.25, -0.2) is 13.1 Å². The van der Waals surface area contributed by atoms with Gasteiger partial charge in [-0.3, -0.25) is 0 Å². The fraction of sp³-hybridized carbons (Fsp3) is 0.571. The van der Waals surface area contributed by atoms with Crippen LogP contribution in [0.3, 0.4) is 0 Å². The van der Waals surface area contributed by atoms with E-state index in [-0.39, 0.29) is 10.2 Å². The van der Waals surface area contributed by atoms with Crippen LogP contribution in [-0.4, -0.2) is 19.8 Å². The number of benzene rings is 1. The van der Waals surface area contributed by atoms with Gasteiger partial charge >= 0.3 is 0 Å². The van der Waals surface area contributed by atoms with Crippen LogP contribution in [0.5, 0.6) is 0 Å². The minimum absolute atomic E-state index is 0.132. The van der Waals surface area contributed by atoms with Gasteiger partial charge in [0.25, 0.3) is 0 Å². The Hall–Kier alpha value is -0.390. The smallest absolute Gasteiger partial charge is 0.210 e. The molecule has 1 atom stereocenters. The number of aryl methyl sites for hydroxylation is 1. The van der Waals surface area contributed by atoms with Crippen LogP contribution in [0.2, 0.25) is 0 Å². The van der Waals surface area contributed by atoms with E-state index in [1.807, 2.05) is 6.92 Å². The maximum atomic E-state index is 12.1. The second-order valence-electron chi connectivity index (χ2n) is 6.03. The quantitative estimate of drug-likeness (QED) is 0.828. The Morgan fingerprint density at radius 2 is 1.74 bits per heavy atom. The van der Waals surface area contributed by atoms with Gasteiger partial charge in [0.2, 0.25) is 10.0 Å².